The average Bonchev–Trinajstić information content (AvgIpc) is 1.97. The monoisotopic (exact) mass is 147 g/mol. The quantitative estimate of drug-likeness (QED) is 0.433. The lowest BCUT2D eigenvalue weighted by molar-refractivity contribution is 0.561. The highest BCUT2D eigenvalue weighted by Gasteiger charge is 1.87. The van der Waals surface area contributed by atoms with Crippen LogP contribution >= 0.6 is 0 Å². The number of allylic oxidation sites excluding steroid dienone is 3. The molecule has 0 amide bonds. The number of hydrogen-bond acceptors (Lipinski definition) is 3. The summed E-state index contributed by atoms with van der Waals surface area (Å²) in [5.74, 6) is 0. The van der Waals surface area contributed by atoms with Crippen molar-refractivity contribution in [1.29, 1.82) is 10.5 Å². The Kier molecular flexibility index (Phi) is 4.27. The molecule has 0 aliphatic rings. The first-order chi connectivity index (χ1) is 5.20. The van der Waals surface area contributed by atoms with Gasteiger partial charge in [0.15, 0.2) is 0 Å². The van der Waals surface area contributed by atoms with Crippen LogP contribution in [0, 0.1) is 22.7 Å². The Hall–Kier alpha value is -1.74. The van der Waals surface area contributed by atoms with Gasteiger partial charge < -0.3 is 4.90 Å². The molecule has 0 aromatic carbocycles. The van der Waals surface area contributed by atoms with E-state index in [1.54, 1.807) is 11.1 Å². The van der Waals surface area contributed by atoms with Crippen molar-refractivity contribution in [2.45, 2.75) is 0 Å². The Morgan fingerprint density at radius 2 is 2.00 bits per heavy atom. The smallest absolute Gasteiger partial charge is 0.101 e. The van der Waals surface area contributed by atoms with E-state index in [4.69, 9.17) is 10.5 Å². The van der Waals surface area contributed by atoms with Gasteiger partial charge >= 0.3 is 0 Å². The Morgan fingerprint density at radius 3 is 2.36 bits per heavy atom. The zero-order valence-corrected chi connectivity index (χ0v) is 6.57. The van der Waals surface area contributed by atoms with E-state index in [1.807, 2.05) is 26.2 Å². The summed E-state index contributed by atoms with van der Waals surface area (Å²) < 4.78 is 0. The Bertz CT molecular complexity index is 247. The summed E-state index contributed by atoms with van der Waals surface area (Å²) in [4.78, 5) is 1.75. The van der Waals surface area contributed by atoms with E-state index < -0.39 is 0 Å². The van der Waals surface area contributed by atoms with Crippen LogP contribution in [0.2, 0.25) is 0 Å². The maximum atomic E-state index is 8.50. The second-order valence-corrected chi connectivity index (χ2v) is 2.12. The lowest BCUT2D eigenvalue weighted by Gasteiger charge is -2.02. The van der Waals surface area contributed by atoms with Crippen LogP contribution in [0.4, 0.5) is 0 Å². The Balaban J connectivity index is 4.35. The first-order valence-corrected chi connectivity index (χ1v) is 3.05. The normalized spacial score (nSPS) is 10.7. The SMILES string of the molecule is CN(C)/C=C(C#N)\C=C\C#N. The molecule has 0 aromatic heterocycles. The van der Waals surface area contributed by atoms with Gasteiger partial charge in [-0.2, -0.15) is 10.5 Å². The molecule has 0 saturated carbocycles. The summed E-state index contributed by atoms with van der Waals surface area (Å²) in [5, 5.41) is 16.7. The summed E-state index contributed by atoms with van der Waals surface area (Å²) in [6.45, 7) is 0. The molecular weight excluding hydrogens is 138 g/mol. The molecule has 0 fully saturated rings. The van der Waals surface area contributed by atoms with Crippen molar-refractivity contribution < 1.29 is 0 Å². The van der Waals surface area contributed by atoms with Crippen molar-refractivity contribution in [3.05, 3.63) is 23.9 Å². The number of nitriles is 2. The van der Waals surface area contributed by atoms with E-state index in [2.05, 4.69) is 0 Å². The summed E-state index contributed by atoms with van der Waals surface area (Å²) in [5.41, 5.74) is 0.469. The van der Waals surface area contributed by atoms with Gasteiger partial charge in [0.1, 0.15) is 6.07 Å². The van der Waals surface area contributed by atoms with E-state index in [1.165, 1.54) is 12.2 Å². The fraction of sp³-hybridized carbons (Fsp3) is 0.250. The molecule has 0 rings (SSSR count). The van der Waals surface area contributed by atoms with Crippen LogP contribution in [0.15, 0.2) is 23.9 Å². The first kappa shape index (κ1) is 9.26. The molecule has 56 valence electrons. The summed E-state index contributed by atoms with van der Waals surface area (Å²) in [6.07, 6.45) is 4.40. The number of hydrogen-bond donors (Lipinski definition) is 0. The second kappa shape index (κ2) is 5.08. The molecule has 0 unspecified atom stereocenters. The van der Waals surface area contributed by atoms with Crippen molar-refractivity contribution >= 4 is 0 Å². The Labute approximate surface area is 66.5 Å². The van der Waals surface area contributed by atoms with Gasteiger partial charge in [-0.25, -0.2) is 0 Å². The van der Waals surface area contributed by atoms with Crippen LogP contribution in [0.3, 0.4) is 0 Å². The molecule has 0 spiro atoms. The van der Waals surface area contributed by atoms with Crippen LogP contribution in [0.25, 0.3) is 0 Å². The lowest BCUT2D eigenvalue weighted by Crippen LogP contribution is -2.01. The van der Waals surface area contributed by atoms with Crippen LogP contribution in [-0.4, -0.2) is 19.0 Å². The minimum absolute atomic E-state index is 0.469. The van der Waals surface area contributed by atoms with Gasteiger partial charge in [-0.05, 0) is 6.08 Å². The summed E-state index contributed by atoms with van der Waals surface area (Å²) >= 11 is 0. The third-order valence-corrected chi connectivity index (χ3v) is 0.864. The molecule has 0 heterocycles. The van der Waals surface area contributed by atoms with E-state index in [-0.39, 0.29) is 0 Å². The molecule has 0 N–H and O–H groups in total. The highest BCUT2D eigenvalue weighted by atomic mass is 15.0. The van der Waals surface area contributed by atoms with E-state index in [9.17, 15) is 0 Å². The fourth-order valence-corrected chi connectivity index (χ4v) is 0.514. The molecule has 0 bridgehead atoms. The predicted octanol–water partition coefficient (Wildman–Crippen LogP) is 1.04. The lowest BCUT2D eigenvalue weighted by atomic mass is 10.3. The van der Waals surface area contributed by atoms with Crippen LogP contribution in [0.1, 0.15) is 0 Å². The summed E-state index contributed by atoms with van der Waals surface area (Å²) in [7, 11) is 3.63. The predicted molar refractivity (Wildman–Crippen MR) is 42.1 cm³/mol. The van der Waals surface area contributed by atoms with Gasteiger partial charge in [0.05, 0.1) is 11.6 Å². The third kappa shape index (κ3) is 4.74. The fourth-order valence-electron chi connectivity index (χ4n) is 0.514. The van der Waals surface area contributed by atoms with E-state index in [0.29, 0.717) is 5.57 Å². The standard InChI is InChI=1S/C8H9N3/c1-11(2)7-8(6-10)4-3-5-9/h3-4,7H,1-2H3/b4-3+,8-7+. The van der Waals surface area contributed by atoms with E-state index >= 15 is 0 Å². The third-order valence-electron chi connectivity index (χ3n) is 0.864. The minimum atomic E-state index is 0.469. The van der Waals surface area contributed by atoms with Crippen LogP contribution < -0.4 is 0 Å². The number of nitrogens with zero attached hydrogens (tertiary/aromatic N) is 3. The topological polar surface area (TPSA) is 50.8 Å². The van der Waals surface area contributed by atoms with Crippen molar-refractivity contribution in [3.63, 3.8) is 0 Å². The number of rotatable bonds is 2. The van der Waals surface area contributed by atoms with Gasteiger partial charge in [0.2, 0.25) is 0 Å². The highest BCUT2D eigenvalue weighted by molar-refractivity contribution is 5.34. The minimum Gasteiger partial charge on any atom is -0.382 e. The summed E-state index contributed by atoms with van der Waals surface area (Å²) in [6, 6.07) is 3.76. The molecule has 3 nitrogen and oxygen atoms in total. The van der Waals surface area contributed by atoms with Crippen molar-refractivity contribution in [2.24, 2.45) is 0 Å². The van der Waals surface area contributed by atoms with Gasteiger partial charge in [-0.3, -0.25) is 0 Å². The molecule has 0 atom stereocenters. The van der Waals surface area contributed by atoms with Gasteiger partial charge in [0, 0.05) is 26.4 Å². The maximum absolute atomic E-state index is 8.50. The van der Waals surface area contributed by atoms with Gasteiger partial charge in [-0.1, -0.05) is 0 Å². The van der Waals surface area contributed by atoms with Crippen molar-refractivity contribution in [1.82, 2.24) is 4.90 Å². The van der Waals surface area contributed by atoms with Crippen LogP contribution in [-0.2, 0) is 0 Å². The van der Waals surface area contributed by atoms with Crippen molar-refractivity contribution in [3.8, 4) is 12.1 Å². The van der Waals surface area contributed by atoms with Gasteiger partial charge in [-0.15, -0.1) is 0 Å². The molecule has 0 radical (unpaired) electrons. The highest BCUT2D eigenvalue weighted by Crippen LogP contribution is 1.94. The van der Waals surface area contributed by atoms with Gasteiger partial charge in [0.25, 0.3) is 0 Å². The molecule has 11 heavy (non-hydrogen) atoms. The zero-order chi connectivity index (χ0) is 8.69. The first-order valence-electron chi connectivity index (χ1n) is 3.05. The molecule has 3 heteroatoms. The second-order valence-electron chi connectivity index (χ2n) is 2.12. The molecule has 0 aromatic rings. The largest absolute Gasteiger partial charge is 0.382 e. The maximum Gasteiger partial charge on any atom is 0.101 e. The molecule has 0 aliphatic heterocycles. The average molecular weight is 147 g/mol. The molecule has 0 saturated heterocycles. The Morgan fingerprint density at radius 1 is 1.36 bits per heavy atom. The molecular formula is C8H9N3. The zero-order valence-electron chi connectivity index (χ0n) is 6.57. The van der Waals surface area contributed by atoms with Crippen molar-refractivity contribution in [2.75, 3.05) is 14.1 Å². The van der Waals surface area contributed by atoms with Crippen LogP contribution in [0.5, 0.6) is 0 Å². The van der Waals surface area contributed by atoms with E-state index in [0.717, 1.165) is 0 Å². The molecule has 0 aliphatic carbocycles.